The fraction of sp³-hybridized carbons (Fsp3) is 0.778. The highest BCUT2D eigenvalue weighted by Crippen LogP contribution is 2.36. The summed E-state index contributed by atoms with van der Waals surface area (Å²) in [6.45, 7) is 10.7. The summed E-state index contributed by atoms with van der Waals surface area (Å²) in [6.07, 6.45) is 3.62. The summed E-state index contributed by atoms with van der Waals surface area (Å²) in [5.41, 5.74) is 2.08. The zero-order valence-electron chi connectivity index (χ0n) is 7.28. The van der Waals surface area contributed by atoms with Crippen molar-refractivity contribution in [3.8, 4) is 0 Å². The molecule has 0 bridgehead atoms. The van der Waals surface area contributed by atoms with Gasteiger partial charge in [0.1, 0.15) is 0 Å². The van der Waals surface area contributed by atoms with Crippen LogP contribution in [0, 0.1) is 5.41 Å². The lowest BCUT2D eigenvalue weighted by molar-refractivity contribution is 0.419. The van der Waals surface area contributed by atoms with Gasteiger partial charge < -0.3 is 0 Å². The molecule has 0 heteroatoms. The predicted octanol–water partition coefficient (Wildman–Crippen LogP) is 3.39. The Morgan fingerprint density at radius 2 is 1.67 bits per heavy atom. The zero-order valence-corrected chi connectivity index (χ0v) is 7.28. The quantitative estimate of drug-likeness (QED) is 0.436. The van der Waals surface area contributed by atoms with Crippen molar-refractivity contribution >= 4 is 0 Å². The van der Waals surface area contributed by atoms with E-state index in [9.17, 15) is 0 Å². The van der Waals surface area contributed by atoms with E-state index >= 15 is 0 Å². The summed E-state index contributed by atoms with van der Waals surface area (Å²) in [5, 5.41) is 0. The smallest absolute Gasteiger partial charge is 0.0135 e. The summed E-state index contributed by atoms with van der Waals surface area (Å²) in [5.74, 6) is 0. The molecular weight excluding hydrogens is 108 g/mol. The SMILES string of the molecule is CC.CC1=CC(C)(C)C1. The summed E-state index contributed by atoms with van der Waals surface area (Å²) >= 11 is 0. The third kappa shape index (κ3) is 2.69. The molecule has 0 aliphatic heterocycles. The first-order valence-electron chi connectivity index (χ1n) is 3.78. The van der Waals surface area contributed by atoms with Gasteiger partial charge in [-0.05, 0) is 18.8 Å². The van der Waals surface area contributed by atoms with Crippen molar-refractivity contribution in [2.24, 2.45) is 5.41 Å². The van der Waals surface area contributed by atoms with E-state index in [2.05, 4.69) is 26.8 Å². The van der Waals surface area contributed by atoms with Crippen LogP contribution >= 0.6 is 0 Å². The van der Waals surface area contributed by atoms with E-state index < -0.39 is 0 Å². The Balaban J connectivity index is 0.000000291. The Labute approximate surface area is 59.0 Å². The molecule has 0 nitrogen and oxygen atoms in total. The zero-order chi connectivity index (χ0) is 7.49. The molecule has 1 aliphatic carbocycles. The first-order chi connectivity index (χ1) is 4.10. The van der Waals surface area contributed by atoms with E-state index in [1.165, 1.54) is 6.42 Å². The van der Waals surface area contributed by atoms with Gasteiger partial charge in [-0.15, -0.1) is 0 Å². The molecule has 0 aromatic rings. The van der Waals surface area contributed by atoms with E-state index in [1.807, 2.05) is 13.8 Å². The van der Waals surface area contributed by atoms with Crippen LogP contribution in [-0.2, 0) is 0 Å². The number of allylic oxidation sites excluding steroid dienone is 2. The minimum Gasteiger partial charge on any atom is -0.0796 e. The van der Waals surface area contributed by atoms with Crippen LogP contribution in [0.2, 0.25) is 0 Å². The van der Waals surface area contributed by atoms with Crippen LogP contribution in [-0.4, -0.2) is 0 Å². The second-order valence-corrected chi connectivity index (χ2v) is 3.16. The standard InChI is InChI=1S/C7H12.C2H6/c1-6-4-7(2,3)5-6;1-2/h4H,5H2,1-3H3;1-2H3. The molecule has 0 amide bonds. The van der Waals surface area contributed by atoms with Gasteiger partial charge >= 0.3 is 0 Å². The second kappa shape index (κ2) is 3.05. The van der Waals surface area contributed by atoms with Crippen molar-refractivity contribution in [1.82, 2.24) is 0 Å². The highest BCUT2D eigenvalue weighted by atomic mass is 14.3. The normalized spacial score (nSPS) is 20.8. The van der Waals surface area contributed by atoms with Crippen molar-refractivity contribution in [3.05, 3.63) is 11.6 Å². The fourth-order valence-electron chi connectivity index (χ4n) is 1.36. The molecule has 0 radical (unpaired) electrons. The van der Waals surface area contributed by atoms with Crippen molar-refractivity contribution in [3.63, 3.8) is 0 Å². The maximum atomic E-state index is 2.33. The molecule has 0 saturated heterocycles. The second-order valence-electron chi connectivity index (χ2n) is 3.16. The average Bonchev–Trinajstić information content (AvgIpc) is 1.67. The highest BCUT2D eigenvalue weighted by Gasteiger charge is 2.22. The first kappa shape index (κ1) is 8.74. The molecule has 0 spiro atoms. The summed E-state index contributed by atoms with van der Waals surface area (Å²) in [6, 6.07) is 0. The third-order valence-corrected chi connectivity index (χ3v) is 1.37. The van der Waals surface area contributed by atoms with E-state index in [0.29, 0.717) is 5.41 Å². The minimum absolute atomic E-state index is 0.532. The lowest BCUT2D eigenvalue weighted by atomic mass is 9.75. The maximum absolute atomic E-state index is 2.33. The lowest BCUT2D eigenvalue weighted by Gasteiger charge is -2.30. The Morgan fingerprint density at radius 3 is 1.67 bits per heavy atom. The van der Waals surface area contributed by atoms with Gasteiger partial charge in [-0.2, -0.15) is 0 Å². The van der Waals surface area contributed by atoms with E-state index in [-0.39, 0.29) is 0 Å². The molecule has 1 rings (SSSR count). The Bertz CT molecular complexity index is 107. The molecule has 1 aliphatic rings. The highest BCUT2D eigenvalue weighted by molar-refractivity contribution is 5.18. The van der Waals surface area contributed by atoms with E-state index in [1.54, 1.807) is 5.57 Å². The number of hydrogen-bond donors (Lipinski definition) is 0. The van der Waals surface area contributed by atoms with Crippen LogP contribution in [0.15, 0.2) is 11.6 Å². The van der Waals surface area contributed by atoms with Gasteiger partial charge in [0.15, 0.2) is 0 Å². The molecule has 0 N–H and O–H groups in total. The topological polar surface area (TPSA) is 0 Å². The molecule has 0 saturated carbocycles. The summed E-state index contributed by atoms with van der Waals surface area (Å²) in [7, 11) is 0. The molecule has 54 valence electrons. The van der Waals surface area contributed by atoms with Crippen LogP contribution in [0.25, 0.3) is 0 Å². The molecule has 9 heavy (non-hydrogen) atoms. The third-order valence-electron chi connectivity index (χ3n) is 1.37. The first-order valence-corrected chi connectivity index (χ1v) is 3.78. The van der Waals surface area contributed by atoms with Crippen molar-refractivity contribution in [2.45, 2.75) is 41.0 Å². The molecular formula is C9H18. The van der Waals surface area contributed by atoms with Crippen molar-refractivity contribution in [2.75, 3.05) is 0 Å². The molecule has 0 fully saturated rings. The van der Waals surface area contributed by atoms with Crippen LogP contribution in [0.4, 0.5) is 0 Å². The predicted molar refractivity (Wildman–Crippen MR) is 43.5 cm³/mol. The number of rotatable bonds is 0. The van der Waals surface area contributed by atoms with Crippen molar-refractivity contribution < 1.29 is 0 Å². The number of hydrogen-bond acceptors (Lipinski definition) is 0. The van der Waals surface area contributed by atoms with E-state index in [4.69, 9.17) is 0 Å². The Kier molecular flexibility index (Phi) is 2.96. The van der Waals surface area contributed by atoms with Gasteiger partial charge in [0.25, 0.3) is 0 Å². The van der Waals surface area contributed by atoms with Gasteiger partial charge in [-0.1, -0.05) is 39.3 Å². The average molecular weight is 126 g/mol. The lowest BCUT2D eigenvalue weighted by Crippen LogP contribution is -2.17. The molecule has 0 aromatic carbocycles. The van der Waals surface area contributed by atoms with Crippen LogP contribution in [0.5, 0.6) is 0 Å². The van der Waals surface area contributed by atoms with Gasteiger partial charge in [0, 0.05) is 0 Å². The Hall–Kier alpha value is -0.260. The van der Waals surface area contributed by atoms with E-state index in [0.717, 1.165) is 0 Å². The molecule has 0 heterocycles. The fourth-order valence-corrected chi connectivity index (χ4v) is 1.36. The van der Waals surface area contributed by atoms with Crippen LogP contribution in [0.3, 0.4) is 0 Å². The van der Waals surface area contributed by atoms with Gasteiger partial charge in [-0.25, -0.2) is 0 Å². The monoisotopic (exact) mass is 126 g/mol. The Morgan fingerprint density at radius 1 is 1.33 bits per heavy atom. The van der Waals surface area contributed by atoms with Gasteiger partial charge in [-0.3, -0.25) is 0 Å². The van der Waals surface area contributed by atoms with Gasteiger partial charge in [0.05, 0.1) is 0 Å². The molecule has 0 aromatic heterocycles. The minimum atomic E-state index is 0.532. The molecule has 0 unspecified atom stereocenters. The van der Waals surface area contributed by atoms with Crippen molar-refractivity contribution in [1.29, 1.82) is 0 Å². The largest absolute Gasteiger partial charge is 0.0796 e. The van der Waals surface area contributed by atoms with Crippen LogP contribution in [0.1, 0.15) is 41.0 Å². The summed E-state index contributed by atoms with van der Waals surface area (Å²) in [4.78, 5) is 0. The van der Waals surface area contributed by atoms with Crippen LogP contribution < -0.4 is 0 Å². The van der Waals surface area contributed by atoms with Gasteiger partial charge in [0.2, 0.25) is 0 Å². The molecule has 0 atom stereocenters. The summed E-state index contributed by atoms with van der Waals surface area (Å²) < 4.78 is 0. The maximum Gasteiger partial charge on any atom is -0.0135 e.